The standard InChI is InChI=1S/C22H19F3N6O2/c1-14(33-13-15-5-3-2-4-6-15)20-17(12-27-19-8-10-28-31(19)20)30-21(32)29-16-7-9-26-18(11-16)22(23,24)25/h2-12,14H,13H2,1H3,(H2,26,29,30,32)/t14-/m0/s1. The number of benzene rings is 1. The number of nitrogens with zero attached hydrogens (tertiary/aromatic N) is 4. The summed E-state index contributed by atoms with van der Waals surface area (Å²) in [6.45, 7) is 2.14. The van der Waals surface area contributed by atoms with E-state index in [-0.39, 0.29) is 5.69 Å². The molecule has 0 radical (unpaired) electrons. The second kappa shape index (κ2) is 9.25. The highest BCUT2D eigenvalue weighted by Gasteiger charge is 2.32. The number of halogens is 3. The molecule has 4 aromatic rings. The first kappa shape index (κ1) is 22.2. The highest BCUT2D eigenvalue weighted by Crippen LogP contribution is 2.29. The van der Waals surface area contributed by atoms with Crippen LogP contribution in [-0.2, 0) is 17.5 Å². The van der Waals surface area contributed by atoms with E-state index in [0.717, 1.165) is 17.8 Å². The van der Waals surface area contributed by atoms with Crippen molar-refractivity contribution in [1.82, 2.24) is 19.6 Å². The Morgan fingerprint density at radius 1 is 1.09 bits per heavy atom. The molecule has 0 aliphatic rings. The van der Waals surface area contributed by atoms with Crippen LogP contribution >= 0.6 is 0 Å². The number of pyridine rings is 1. The number of hydrogen-bond donors (Lipinski definition) is 2. The van der Waals surface area contributed by atoms with Crippen molar-refractivity contribution in [2.45, 2.75) is 25.8 Å². The molecule has 2 N–H and O–H groups in total. The molecule has 1 aromatic carbocycles. The molecule has 0 unspecified atom stereocenters. The van der Waals surface area contributed by atoms with Gasteiger partial charge in [-0.25, -0.2) is 14.3 Å². The molecule has 8 nitrogen and oxygen atoms in total. The maximum atomic E-state index is 12.9. The van der Waals surface area contributed by atoms with E-state index in [2.05, 4.69) is 25.7 Å². The lowest BCUT2D eigenvalue weighted by Gasteiger charge is -2.19. The second-order valence-corrected chi connectivity index (χ2v) is 7.10. The van der Waals surface area contributed by atoms with E-state index in [0.29, 0.717) is 23.6 Å². The summed E-state index contributed by atoms with van der Waals surface area (Å²) in [6.07, 6.45) is -1.14. The van der Waals surface area contributed by atoms with E-state index >= 15 is 0 Å². The summed E-state index contributed by atoms with van der Waals surface area (Å²) >= 11 is 0. The Bertz CT molecular complexity index is 1260. The van der Waals surface area contributed by atoms with Crippen LogP contribution in [-0.4, -0.2) is 25.6 Å². The smallest absolute Gasteiger partial charge is 0.367 e. The number of fused-ring (bicyclic) bond motifs is 1. The first-order chi connectivity index (χ1) is 15.8. The minimum Gasteiger partial charge on any atom is -0.367 e. The molecule has 2 amide bonds. The zero-order valence-electron chi connectivity index (χ0n) is 17.4. The van der Waals surface area contributed by atoms with Crippen molar-refractivity contribution in [3.63, 3.8) is 0 Å². The van der Waals surface area contributed by atoms with Gasteiger partial charge in [-0.2, -0.15) is 18.3 Å². The Kier molecular flexibility index (Phi) is 6.22. The number of urea groups is 1. The fourth-order valence-electron chi connectivity index (χ4n) is 3.20. The number of ether oxygens (including phenoxy) is 1. The number of hydrogen-bond acceptors (Lipinski definition) is 5. The van der Waals surface area contributed by atoms with E-state index in [1.165, 1.54) is 12.3 Å². The third kappa shape index (κ3) is 5.26. The van der Waals surface area contributed by atoms with E-state index in [4.69, 9.17) is 4.74 Å². The molecule has 0 aliphatic carbocycles. The summed E-state index contributed by atoms with van der Waals surface area (Å²) in [5.74, 6) is 0. The Labute approximate surface area is 186 Å². The molecule has 4 rings (SSSR count). The van der Waals surface area contributed by atoms with Gasteiger partial charge in [0.1, 0.15) is 5.69 Å². The summed E-state index contributed by atoms with van der Waals surface area (Å²) in [5, 5.41) is 9.26. The van der Waals surface area contributed by atoms with Gasteiger partial charge in [-0.1, -0.05) is 30.3 Å². The van der Waals surface area contributed by atoms with Crippen LogP contribution in [0.25, 0.3) is 5.65 Å². The van der Waals surface area contributed by atoms with Gasteiger partial charge < -0.3 is 15.4 Å². The van der Waals surface area contributed by atoms with Crippen LogP contribution in [0.15, 0.2) is 67.1 Å². The molecule has 1 atom stereocenters. The van der Waals surface area contributed by atoms with Crippen LogP contribution in [0.1, 0.15) is 30.0 Å². The average molecular weight is 456 g/mol. The third-order valence-electron chi connectivity index (χ3n) is 4.74. The van der Waals surface area contributed by atoms with Crippen LogP contribution < -0.4 is 10.6 Å². The fourth-order valence-corrected chi connectivity index (χ4v) is 3.20. The molecule has 11 heteroatoms. The Morgan fingerprint density at radius 3 is 2.64 bits per heavy atom. The topological polar surface area (TPSA) is 93.4 Å². The first-order valence-corrected chi connectivity index (χ1v) is 9.90. The zero-order chi connectivity index (χ0) is 23.4. The Balaban J connectivity index is 1.54. The van der Waals surface area contributed by atoms with Crippen LogP contribution in [0, 0.1) is 0 Å². The molecule has 0 fully saturated rings. The van der Waals surface area contributed by atoms with Gasteiger partial charge in [-0.3, -0.25) is 4.98 Å². The van der Waals surface area contributed by atoms with E-state index in [1.807, 2.05) is 30.3 Å². The lowest BCUT2D eigenvalue weighted by atomic mass is 10.2. The minimum absolute atomic E-state index is 0.0575. The van der Waals surface area contributed by atoms with E-state index in [1.54, 1.807) is 23.7 Å². The molecule has 170 valence electrons. The van der Waals surface area contributed by atoms with Crippen LogP contribution in [0.3, 0.4) is 0 Å². The maximum Gasteiger partial charge on any atom is 0.433 e. The van der Waals surface area contributed by atoms with Crippen molar-refractivity contribution in [1.29, 1.82) is 0 Å². The number of carbonyl (C=O) groups excluding carboxylic acids is 1. The van der Waals surface area contributed by atoms with Crippen molar-refractivity contribution in [3.05, 3.63) is 84.1 Å². The normalized spacial score (nSPS) is 12.5. The summed E-state index contributed by atoms with van der Waals surface area (Å²) in [4.78, 5) is 20.1. The van der Waals surface area contributed by atoms with Gasteiger partial charge in [0.2, 0.25) is 0 Å². The Morgan fingerprint density at radius 2 is 1.88 bits per heavy atom. The molecule has 33 heavy (non-hydrogen) atoms. The van der Waals surface area contributed by atoms with E-state index < -0.39 is 24.0 Å². The Hall–Kier alpha value is -3.99. The monoisotopic (exact) mass is 456 g/mol. The quantitative estimate of drug-likeness (QED) is 0.423. The van der Waals surface area contributed by atoms with Gasteiger partial charge in [0.15, 0.2) is 5.65 Å². The van der Waals surface area contributed by atoms with E-state index in [9.17, 15) is 18.0 Å². The lowest BCUT2D eigenvalue weighted by Crippen LogP contribution is -2.23. The minimum atomic E-state index is -4.62. The average Bonchev–Trinajstić information content (AvgIpc) is 3.26. The van der Waals surface area contributed by atoms with Crippen LogP contribution in [0.4, 0.5) is 29.3 Å². The number of alkyl halides is 3. The van der Waals surface area contributed by atoms with Gasteiger partial charge in [0, 0.05) is 18.0 Å². The van der Waals surface area contributed by atoms with Gasteiger partial charge in [-0.15, -0.1) is 0 Å². The highest BCUT2D eigenvalue weighted by atomic mass is 19.4. The number of aromatic nitrogens is 4. The molecular weight excluding hydrogens is 437 g/mol. The molecule has 0 bridgehead atoms. The SMILES string of the molecule is C[C@H](OCc1ccccc1)c1c(NC(=O)Nc2ccnc(C(F)(F)F)c2)cnc2ccnn12. The lowest BCUT2D eigenvalue weighted by molar-refractivity contribution is -0.141. The summed E-state index contributed by atoms with van der Waals surface area (Å²) in [7, 11) is 0. The van der Waals surface area contributed by atoms with Crippen LogP contribution in [0.5, 0.6) is 0 Å². The molecule has 3 aromatic heterocycles. The van der Waals surface area contributed by atoms with Crippen molar-refractivity contribution in [2.75, 3.05) is 10.6 Å². The predicted octanol–water partition coefficient (Wildman–Crippen LogP) is 5.06. The number of rotatable bonds is 6. The summed E-state index contributed by atoms with van der Waals surface area (Å²) in [6, 6.07) is 12.5. The molecule has 0 saturated carbocycles. The van der Waals surface area contributed by atoms with Crippen molar-refractivity contribution >= 4 is 23.1 Å². The number of carbonyl (C=O) groups is 1. The predicted molar refractivity (Wildman–Crippen MR) is 115 cm³/mol. The van der Waals surface area contributed by atoms with Gasteiger partial charge in [0.05, 0.1) is 36.5 Å². The first-order valence-electron chi connectivity index (χ1n) is 9.90. The number of nitrogens with one attached hydrogen (secondary N) is 2. The van der Waals surface area contributed by atoms with Crippen molar-refractivity contribution in [3.8, 4) is 0 Å². The molecule has 0 saturated heterocycles. The summed E-state index contributed by atoms with van der Waals surface area (Å²) in [5.41, 5.74) is 1.19. The molecule has 3 heterocycles. The molecule has 0 spiro atoms. The van der Waals surface area contributed by atoms with Gasteiger partial charge in [-0.05, 0) is 24.6 Å². The van der Waals surface area contributed by atoms with Crippen LogP contribution in [0.2, 0.25) is 0 Å². The van der Waals surface area contributed by atoms with Gasteiger partial charge >= 0.3 is 12.2 Å². The largest absolute Gasteiger partial charge is 0.433 e. The van der Waals surface area contributed by atoms with Crippen molar-refractivity contribution in [2.24, 2.45) is 0 Å². The molecule has 0 aliphatic heterocycles. The highest BCUT2D eigenvalue weighted by molar-refractivity contribution is 6.00. The maximum absolute atomic E-state index is 12.9. The van der Waals surface area contributed by atoms with Gasteiger partial charge in [0.25, 0.3) is 0 Å². The number of amides is 2. The second-order valence-electron chi connectivity index (χ2n) is 7.10. The third-order valence-corrected chi connectivity index (χ3v) is 4.74. The number of anilines is 2. The van der Waals surface area contributed by atoms with Crippen molar-refractivity contribution < 1.29 is 22.7 Å². The zero-order valence-corrected chi connectivity index (χ0v) is 17.4. The summed E-state index contributed by atoms with van der Waals surface area (Å²) < 4.78 is 46.2. The molecular formula is C22H19F3N6O2. The fraction of sp³-hybridized carbons (Fsp3) is 0.182.